The van der Waals surface area contributed by atoms with Gasteiger partial charge in [0.2, 0.25) is 0 Å². The van der Waals surface area contributed by atoms with Gasteiger partial charge in [-0.2, -0.15) is 13.2 Å². The Kier molecular flexibility index (Phi) is 4.49. The molecule has 0 aromatic heterocycles. The molecule has 0 saturated heterocycles. The van der Waals surface area contributed by atoms with Crippen LogP contribution in [0.4, 0.5) is 22.0 Å². The summed E-state index contributed by atoms with van der Waals surface area (Å²) < 4.78 is 66.3. The highest BCUT2D eigenvalue weighted by Crippen LogP contribution is 2.39. The van der Waals surface area contributed by atoms with E-state index in [2.05, 4.69) is 5.32 Å². The number of halogens is 5. The summed E-state index contributed by atoms with van der Waals surface area (Å²) >= 11 is 0. The summed E-state index contributed by atoms with van der Waals surface area (Å²) in [5.41, 5.74) is -1.39. The van der Waals surface area contributed by atoms with E-state index in [4.69, 9.17) is 0 Å². The van der Waals surface area contributed by atoms with Crippen LogP contribution in [-0.2, 0) is 6.18 Å². The van der Waals surface area contributed by atoms with E-state index in [1.165, 1.54) is 24.3 Å². The lowest BCUT2D eigenvalue weighted by Gasteiger charge is -2.37. The van der Waals surface area contributed by atoms with E-state index in [1.54, 1.807) is 0 Å². The summed E-state index contributed by atoms with van der Waals surface area (Å²) in [6.07, 6.45) is -3.64. The number of nitrogens with one attached hydrogen (secondary N) is 1. The number of amides is 1. The van der Waals surface area contributed by atoms with E-state index >= 15 is 0 Å². The third kappa shape index (κ3) is 3.36. The highest BCUT2D eigenvalue weighted by Gasteiger charge is 2.38. The van der Waals surface area contributed by atoms with Gasteiger partial charge in [-0.3, -0.25) is 4.79 Å². The highest BCUT2D eigenvalue weighted by atomic mass is 19.4. The lowest BCUT2D eigenvalue weighted by molar-refractivity contribution is -0.137. The summed E-state index contributed by atoms with van der Waals surface area (Å²) in [4.78, 5) is 12.3. The fourth-order valence-electron chi connectivity index (χ4n) is 3.03. The highest BCUT2D eigenvalue weighted by molar-refractivity contribution is 5.96. The molecule has 2 aromatic carbocycles. The van der Waals surface area contributed by atoms with Gasteiger partial charge in [0.1, 0.15) is 0 Å². The van der Waals surface area contributed by atoms with Crippen LogP contribution in [0.25, 0.3) is 0 Å². The number of rotatable bonds is 3. The Hall–Kier alpha value is -2.44. The largest absolute Gasteiger partial charge is 0.417 e. The average Bonchev–Trinajstić information content (AvgIpc) is 2.55. The van der Waals surface area contributed by atoms with Crippen LogP contribution >= 0.6 is 0 Å². The molecule has 132 valence electrons. The first-order valence-electron chi connectivity index (χ1n) is 7.70. The second-order valence-electron chi connectivity index (χ2n) is 5.95. The topological polar surface area (TPSA) is 29.1 Å². The maximum absolute atomic E-state index is 13.9. The van der Waals surface area contributed by atoms with Crippen LogP contribution < -0.4 is 5.32 Å². The zero-order valence-electron chi connectivity index (χ0n) is 12.9. The summed E-state index contributed by atoms with van der Waals surface area (Å²) in [6.45, 7) is 0. The van der Waals surface area contributed by atoms with E-state index in [0.29, 0.717) is 12.8 Å². The number of hydrogen-bond acceptors (Lipinski definition) is 1. The van der Waals surface area contributed by atoms with Gasteiger partial charge in [0.25, 0.3) is 5.91 Å². The Morgan fingerprint density at radius 1 is 1.00 bits per heavy atom. The molecule has 25 heavy (non-hydrogen) atoms. The molecule has 0 aliphatic heterocycles. The number of hydrogen-bond donors (Lipinski definition) is 1. The Labute approximate surface area is 140 Å². The van der Waals surface area contributed by atoms with Crippen molar-refractivity contribution >= 4 is 5.91 Å². The molecule has 2 atom stereocenters. The van der Waals surface area contributed by atoms with Crippen molar-refractivity contribution in [2.45, 2.75) is 31.0 Å². The summed E-state index contributed by atoms with van der Waals surface area (Å²) in [6, 6.07) is 7.71. The van der Waals surface area contributed by atoms with Crippen LogP contribution in [0.2, 0.25) is 0 Å². The Balaban J connectivity index is 1.80. The molecule has 1 aliphatic rings. The van der Waals surface area contributed by atoms with E-state index in [1.807, 2.05) is 0 Å². The Bertz CT molecular complexity index is 802. The molecule has 0 bridgehead atoms. The second-order valence-corrected chi connectivity index (χ2v) is 5.95. The van der Waals surface area contributed by atoms with Gasteiger partial charge >= 0.3 is 6.18 Å². The van der Waals surface area contributed by atoms with Crippen LogP contribution in [0.1, 0.15) is 40.2 Å². The number of alkyl halides is 3. The van der Waals surface area contributed by atoms with Gasteiger partial charge in [0, 0.05) is 12.0 Å². The number of benzene rings is 2. The van der Waals surface area contributed by atoms with E-state index in [0.717, 1.165) is 18.2 Å². The minimum atomic E-state index is -4.65. The third-order valence-electron chi connectivity index (χ3n) is 4.45. The monoisotopic (exact) mass is 355 g/mol. The quantitative estimate of drug-likeness (QED) is 0.797. The third-order valence-corrected chi connectivity index (χ3v) is 4.45. The van der Waals surface area contributed by atoms with Crippen molar-refractivity contribution in [1.29, 1.82) is 0 Å². The van der Waals surface area contributed by atoms with Crippen LogP contribution in [0.5, 0.6) is 0 Å². The number of carbonyl (C=O) groups is 1. The molecule has 1 N–H and O–H groups in total. The predicted octanol–water partition coefficient (Wildman–Crippen LogP) is 4.66. The van der Waals surface area contributed by atoms with E-state index in [-0.39, 0.29) is 5.56 Å². The van der Waals surface area contributed by atoms with Crippen molar-refractivity contribution in [3.63, 3.8) is 0 Å². The van der Waals surface area contributed by atoms with Crippen LogP contribution in [0, 0.1) is 11.6 Å². The first-order chi connectivity index (χ1) is 11.8. The van der Waals surface area contributed by atoms with Gasteiger partial charge < -0.3 is 5.32 Å². The maximum atomic E-state index is 13.9. The smallest absolute Gasteiger partial charge is 0.349 e. The second kappa shape index (κ2) is 6.46. The molecular weight excluding hydrogens is 341 g/mol. The van der Waals surface area contributed by atoms with Gasteiger partial charge in [-0.1, -0.05) is 24.3 Å². The van der Waals surface area contributed by atoms with Crippen molar-refractivity contribution < 1.29 is 26.7 Å². The van der Waals surface area contributed by atoms with Gasteiger partial charge in [-0.15, -0.1) is 0 Å². The van der Waals surface area contributed by atoms with E-state index in [9.17, 15) is 26.7 Å². The van der Waals surface area contributed by atoms with Gasteiger partial charge in [0.05, 0.1) is 11.1 Å². The van der Waals surface area contributed by atoms with Crippen LogP contribution in [-0.4, -0.2) is 11.9 Å². The first-order valence-corrected chi connectivity index (χ1v) is 7.70. The first kappa shape index (κ1) is 17.4. The molecule has 1 fully saturated rings. The minimum Gasteiger partial charge on any atom is -0.349 e. The average molecular weight is 355 g/mol. The van der Waals surface area contributed by atoms with Crippen LogP contribution in [0.15, 0.2) is 42.5 Å². The zero-order chi connectivity index (χ0) is 18.2. The minimum absolute atomic E-state index is 0.126. The van der Waals surface area contributed by atoms with Crippen molar-refractivity contribution in [3.8, 4) is 0 Å². The molecular formula is C18H14F5NO. The van der Waals surface area contributed by atoms with Crippen molar-refractivity contribution in [3.05, 3.63) is 70.8 Å². The predicted molar refractivity (Wildman–Crippen MR) is 81.0 cm³/mol. The normalized spacial score (nSPS) is 20.0. The van der Waals surface area contributed by atoms with Gasteiger partial charge in [-0.25, -0.2) is 8.78 Å². The van der Waals surface area contributed by atoms with E-state index < -0.39 is 46.8 Å². The Morgan fingerprint density at radius 2 is 1.72 bits per heavy atom. The maximum Gasteiger partial charge on any atom is 0.417 e. The molecule has 1 saturated carbocycles. The molecule has 7 heteroatoms. The summed E-state index contributed by atoms with van der Waals surface area (Å²) in [5.74, 6) is -3.31. The van der Waals surface area contributed by atoms with Gasteiger partial charge in [-0.05, 0) is 36.6 Å². The van der Waals surface area contributed by atoms with Crippen LogP contribution in [0.3, 0.4) is 0 Å². The molecule has 2 aromatic rings. The zero-order valence-corrected chi connectivity index (χ0v) is 12.9. The molecule has 0 heterocycles. The summed E-state index contributed by atoms with van der Waals surface area (Å²) in [7, 11) is 0. The van der Waals surface area contributed by atoms with Crippen molar-refractivity contribution in [2.24, 2.45) is 0 Å². The lowest BCUT2D eigenvalue weighted by atomic mass is 9.74. The lowest BCUT2D eigenvalue weighted by Crippen LogP contribution is -2.46. The fraction of sp³-hybridized carbons (Fsp3) is 0.278. The molecule has 2 nitrogen and oxygen atoms in total. The summed E-state index contributed by atoms with van der Waals surface area (Å²) in [5, 5.41) is 2.51. The molecule has 1 amide bonds. The standard InChI is InChI=1S/C18H14F5NO/c19-14-7-3-5-11(16(14)20)10-8-9-15(10)24-17(25)12-4-1-2-6-13(12)18(21,22)23/h1-7,10,15H,8-9H2,(H,24,25). The molecule has 1 aliphatic carbocycles. The fourth-order valence-corrected chi connectivity index (χ4v) is 3.03. The van der Waals surface area contributed by atoms with Crippen molar-refractivity contribution in [2.75, 3.05) is 0 Å². The molecule has 3 rings (SSSR count). The van der Waals surface area contributed by atoms with Gasteiger partial charge in [0.15, 0.2) is 11.6 Å². The SMILES string of the molecule is O=C(NC1CCC1c1cccc(F)c1F)c1ccccc1C(F)(F)F. The number of carbonyl (C=O) groups excluding carboxylic acids is 1. The Morgan fingerprint density at radius 3 is 2.36 bits per heavy atom. The van der Waals surface area contributed by atoms with Crippen molar-refractivity contribution in [1.82, 2.24) is 5.32 Å². The molecule has 0 radical (unpaired) electrons. The molecule has 2 unspecified atom stereocenters. The molecule has 0 spiro atoms.